The van der Waals surface area contributed by atoms with Gasteiger partial charge in [0.05, 0.1) is 0 Å². The first-order valence-electron chi connectivity index (χ1n) is 6.60. The van der Waals surface area contributed by atoms with Crippen molar-refractivity contribution in [2.45, 2.75) is 32.6 Å². The molecule has 19 heavy (non-hydrogen) atoms. The van der Waals surface area contributed by atoms with Gasteiger partial charge < -0.3 is 10.0 Å². The van der Waals surface area contributed by atoms with Crippen LogP contribution < -0.4 is 0 Å². The van der Waals surface area contributed by atoms with Gasteiger partial charge in [-0.05, 0) is 25.2 Å². The van der Waals surface area contributed by atoms with Crippen LogP contribution in [0.2, 0.25) is 0 Å². The number of hydrogen-bond donors (Lipinski definition) is 1. The number of likely N-dealkylation sites (tertiary alicyclic amines) is 1. The summed E-state index contributed by atoms with van der Waals surface area (Å²) in [6.07, 6.45) is 4.36. The first-order chi connectivity index (χ1) is 9.11. The van der Waals surface area contributed by atoms with Crippen molar-refractivity contribution in [1.29, 1.82) is 0 Å². The molecule has 0 radical (unpaired) electrons. The van der Waals surface area contributed by atoms with E-state index in [9.17, 15) is 9.59 Å². The van der Waals surface area contributed by atoms with E-state index in [0.29, 0.717) is 5.92 Å². The third-order valence-electron chi connectivity index (χ3n) is 3.62. The number of carboxylic acid groups (broad SMARTS) is 1. The molecule has 1 fully saturated rings. The van der Waals surface area contributed by atoms with Crippen LogP contribution in [-0.2, 0) is 0 Å². The summed E-state index contributed by atoms with van der Waals surface area (Å²) >= 11 is 1.11. The molecule has 1 aliphatic rings. The highest BCUT2D eigenvalue weighted by Crippen LogP contribution is 2.22. The lowest BCUT2D eigenvalue weighted by Crippen LogP contribution is -2.32. The van der Waals surface area contributed by atoms with Crippen molar-refractivity contribution >= 4 is 23.2 Å². The SMILES string of the molecule is CCC1CCCN(C(=O)c2nc(C(=O)O)cs2)CC1. The van der Waals surface area contributed by atoms with Crippen LogP contribution in [0.1, 0.15) is 52.9 Å². The van der Waals surface area contributed by atoms with Crippen molar-refractivity contribution in [3.8, 4) is 0 Å². The summed E-state index contributed by atoms with van der Waals surface area (Å²) in [5.41, 5.74) is -0.0467. The molecule has 0 spiro atoms. The molecular formula is C13H18N2O3S. The molecule has 0 saturated carbocycles. The Balaban J connectivity index is 2.04. The van der Waals surface area contributed by atoms with Gasteiger partial charge in [-0.25, -0.2) is 9.78 Å². The molecule has 2 heterocycles. The van der Waals surface area contributed by atoms with Crippen molar-refractivity contribution in [1.82, 2.24) is 9.88 Å². The van der Waals surface area contributed by atoms with E-state index in [4.69, 9.17) is 5.11 Å². The Hall–Kier alpha value is -1.43. The summed E-state index contributed by atoms with van der Waals surface area (Å²) in [6, 6.07) is 0. The summed E-state index contributed by atoms with van der Waals surface area (Å²) in [5, 5.41) is 10.5. The van der Waals surface area contributed by atoms with Crippen LogP contribution in [0.15, 0.2) is 5.38 Å². The van der Waals surface area contributed by atoms with Crippen LogP contribution in [0.5, 0.6) is 0 Å². The van der Waals surface area contributed by atoms with Gasteiger partial charge in [0, 0.05) is 18.5 Å². The van der Waals surface area contributed by atoms with E-state index in [1.807, 2.05) is 0 Å². The first-order valence-corrected chi connectivity index (χ1v) is 7.48. The highest BCUT2D eigenvalue weighted by atomic mass is 32.1. The average Bonchev–Trinajstić information content (AvgIpc) is 2.77. The number of carbonyl (C=O) groups is 2. The number of hydrogen-bond acceptors (Lipinski definition) is 4. The van der Waals surface area contributed by atoms with Gasteiger partial charge >= 0.3 is 5.97 Å². The van der Waals surface area contributed by atoms with E-state index in [0.717, 1.165) is 43.7 Å². The Kier molecular flexibility index (Phi) is 4.52. The zero-order chi connectivity index (χ0) is 13.8. The van der Waals surface area contributed by atoms with Crippen molar-refractivity contribution in [3.63, 3.8) is 0 Å². The molecule has 6 heteroatoms. The highest BCUT2D eigenvalue weighted by molar-refractivity contribution is 7.11. The van der Waals surface area contributed by atoms with Gasteiger partial charge in [0.1, 0.15) is 0 Å². The second-order valence-electron chi connectivity index (χ2n) is 4.84. The Bertz CT molecular complexity index is 472. The average molecular weight is 282 g/mol. The van der Waals surface area contributed by atoms with E-state index in [2.05, 4.69) is 11.9 Å². The molecule has 1 aliphatic heterocycles. The minimum atomic E-state index is -1.09. The highest BCUT2D eigenvalue weighted by Gasteiger charge is 2.23. The van der Waals surface area contributed by atoms with Gasteiger partial charge in [-0.3, -0.25) is 4.79 Å². The van der Waals surface area contributed by atoms with E-state index >= 15 is 0 Å². The lowest BCUT2D eigenvalue weighted by Gasteiger charge is -2.19. The molecule has 1 atom stereocenters. The van der Waals surface area contributed by atoms with Crippen molar-refractivity contribution in [2.24, 2.45) is 5.92 Å². The maximum atomic E-state index is 12.3. The Morgan fingerprint density at radius 2 is 2.26 bits per heavy atom. The van der Waals surface area contributed by atoms with Gasteiger partial charge in [0.15, 0.2) is 10.7 Å². The Labute approximate surface area is 116 Å². The van der Waals surface area contributed by atoms with Gasteiger partial charge in [-0.2, -0.15) is 0 Å². The fraction of sp³-hybridized carbons (Fsp3) is 0.615. The normalized spacial score (nSPS) is 20.1. The number of thiazole rings is 1. The van der Waals surface area contributed by atoms with Crippen molar-refractivity contribution in [3.05, 3.63) is 16.1 Å². The zero-order valence-corrected chi connectivity index (χ0v) is 11.8. The number of aromatic carboxylic acids is 1. The van der Waals surface area contributed by atoms with Gasteiger partial charge in [-0.15, -0.1) is 11.3 Å². The molecule has 1 saturated heterocycles. The molecule has 0 aliphatic carbocycles. The number of rotatable bonds is 3. The largest absolute Gasteiger partial charge is 0.476 e. The van der Waals surface area contributed by atoms with Crippen LogP contribution in [0.25, 0.3) is 0 Å². The lowest BCUT2D eigenvalue weighted by atomic mass is 9.98. The van der Waals surface area contributed by atoms with Crippen LogP contribution in [0.4, 0.5) is 0 Å². The monoisotopic (exact) mass is 282 g/mol. The molecule has 1 unspecified atom stereocenters. The lowest BCUT2D eigenvalue weighted by molar-refractivity contribution is 0.0691. The van der Waals surface area contributed by atoms with Crippen molar-refractivity contribution in [2.75, 3.05) is 13.1 Å². The van der Waals surface area contributed by atoms with Crippen molar-refractivity contribution < 1.29 is 14.7 Å². The topological polar surface area (TPSA) is 70.5 Å². The number of carboxylic acids is 1. The predicted molar refractivity (Wildman–Crippen MR) is 72.6 cm³/mol. The van der Waals surface area contributed by atoms with Gasteiger partial charge in [0.2, 0.25) is 0 Å². The van der Waals surface area contributed by atoms with E-state index in [-0.39, 0.29) is 16.6 Å². The third-order valence-corrected chi connectivity index (χ3v) is 4.45. The first kappa shape index (κ1) is 14.0. The second-order valence-corrected chi connectivity index (χ2v) is 5.70. The molecule has 1 aromatic rings. The molecule has 0 bridgehead atoms. The molecule has 5 nitrogen and oxygen atoms in total. The summed E-state index contributed by atoms with van der Waals surface area (Å²) in [7, 11) is 0. The summed E-state index contributed by atoms with van der Waals surface area (Å²) < 4.78 is 0. The molecule has 1 amide bonds. The van der Waals surface area contributed by atoms with Crippen LogP contribution in [0, 0.1) is 5.92 Å². The summed E-state index contributed by atoms with van der Waals surface area (Å²) in [5.74, 6) is -0.518. The fourth-order valence-corrected chi connectivity index (χ4v) is 3.14. The molecule has 2 rings (SSSR count). The maximum Gasteiger partial charge on any atom is 0.355 e. The predicted octanol–water partition coefficient (Wildman–Crippen LogP) is 2.49. The number of nitrogens with zero attached hydrogens (tertiary/aromatic N) is 2. The molecule has 0 aromatic carbocycles. The Morgan fingerprint density at radius 1 is 1.47 bits per heavy atom. The van der Waals surface area contributed by atoms with Crippen LogP contribution >= 0.6 is 11.3 Å². The van der Waals surface area contributed by atoms with E-state index in [1.165, 1.54) is 11.8 Å². The minimum absolute atomic E-state index is 0.0467. The van der Waals surface area contributed by atoms with Crippen LogP contribution in [-0.4, -0.2) is 40.0 Å². The number of aromatic nitrogens is 1. The quantitative estimate of drug-likeness (QED) is 0.924. The van der Waals surface area contributed by atoms with E-state index < -0.39 is 5.97 Å². The van der Waals surface area contributed by atoms with E-state index in [1.54, 1.807) is 4.90 Å². The Morgan fingerprint density at radius 3 is 2.89 bits per heavy atom. The summed E-state index contributed by atoms with van der Waals surface area (Å²) in [6.45, 7) is 3.68. The zero-order valence-electron chi connectivity index (χ0n) is 11.0. The fourth-order valence-electron chi connectivity index (χ4n) is 2.38. The maximum absolute atomic E-state index is 12.3. The number of amides is 1. The molecular weight excluding hydrogens is 264 g/mol. The van der Waals surface area contributed by atoms with Gasteiger partial charge in [0.25, 0.3) is 5.91 Å². The van der Waals surface area contributed by atoms with Gasteiger partial charge in [-0.1, -0.05) is 13.3 Å². The minimum Gasteiger partial charge on any atom is -0.476 e. The smallest absolute Gasteiger partial charge is 0.355 e. The molecule has 104 valence electrons. The standard InChI is InChI=1S/C13H18N2O3S/c1-2-9-4-3-6-15(7-5-9)12(16)11-14-10(8-19-11)13(17)18/h8-9H,2-7H2,1H3,(H,17,18). The molecule has 1 N–H and O–H groups in total. The summed E-state index contributed by atoms with van der Waals surface area (Å²) in [4.78, 5) is 28.7. The number of carbonyl (C=O) groups excluding carboxylic acids is 1. The second kappa shape index (κ2) is 6.14. The molecule has 1 aromatic heterocycles. The third kappa shape index (κ3) is 3.32. The van der Waals surface area contributed by atoms with Crippen LogP contribution in [0.3, 0.4) is 0 Å².